The molecule has 2 aromatic heterocycles. The average molecular weight is 322 g/mol. The molecule has 1 N–H and O–H groups in total. The molecule has 1 amide bonds. The molecule has 22 heavy (non-hydrogen) atoms. The van der Waals surface area contributed by atoms with Crippen LogP contribution in [0.2, 0.25) is 0 Å². The Morgan fingerprint density at radius 1 is 1.45 bits per heavy atom. The molecule has 2 aromatic rings. The van der Waals surface area contributed by atoms with Gasteiger partial charge in [0.25, 0.3) is 5.91 Å². The molecule has 0 spiro atoms. The van der Waals surface area contributed by atoms with Gasteiger partial charge in [-0.2, -0.15) is 0 Å². The highest BCUT2D eigenvalue weighted by Gasteiger charge is 2.24. The highest BCUT2D eigenvalue weighted by molar-refractivity contribution is 7.13. The van der Waals surface area contributed by atoms with Crippen molar-refractivity contribution in [2.45, 2.75) is 26.3 Å². The normalized spacial score (nSPS) is 12.2. The molecule has 0 aliphatic heterocycles. The zero-order valence-corrected chi connectivity index (χ0v) is 13.5. The first kappa shape index (κ1) is 16.2. The number of nitrogens with one attached hydrogen (secondary N) is 1. The first-order chi connectivity index (χ1) is 10.5. The summed E-state index contributed by atoms with van der Waals surface area (Å²) in [6.07, 6.45) is 2.06. The molecule has 0 aliphatic rings. The van der Waals surface area contributed by atoms with Gasteiger partial charge in [0.15, 0.2) is 10.8 Å². The largest absolute Gasteiger partial charge is 0.467 e. The predicted molar refractivity (Wildman–Crippen MR) is 82.5 cm³/mol. The summed E-state index contributed by atoms with van der Waals surface area (Å²) in [6.45, 7) is 3.94. The molecule has 0 saturated heterocycles. The van der Waals surface area contributed by atoms with Crippen molar-refractivity contribution >= 4 is 23.2 Å². The quantitative estimate of drug-likeness (QED) is 0.827. The van der Waals surface area contributed by atoms with Crippen molar-refractivity contribution in [3.63, 3.8) is 0 Å². The van der Waals surface area contributed by atoms with Gasteiger partial charge in [-0.1, -0.05) is 13.8 Å². The van der Waals surface area contributed by atoms with Crippen molar-refractivity contribution in [1.82, 2.24) is 10.3 Å². The zero-order valence-electron chi connectivity index (χ0n) is 12.7. The van der Waals surface area contributed by atoms with Gasteiger partial charge in [-0.3, -0.25) is 4.79 Å². The minimum Gasteiger partial charge on any atom is -0.467 e. The highest BCUT2D eigenvalue weighted by Crippen LogP contribution is 2.24. The third-order valence-electron chi connectivity index (χ3n) is 2.97. The lowest BCUT2D eigenvalue weighted by molar-refractivity contribution is -0.143. The third-order valence-corrected chi connectivity index (χ3v) is 3.82. The van der Waals surface area contributed by atoms with E-state index in [2.05, 4.69) is 10.3 Å². The van der Waals surface area contributed by atoms with Crippen LogP contribution in [0, 0.1) is 5.92 Å². The molecular formula is C15H18N2O4S. The second kappa shape index (κ2) is 7.22. The van der Waals surface area contributed by atoms with Crippen LogP contribution in [0.25, 0.3) is 10.8 Å². The van der Waals surface area contributed by atoms with Crippen LogP contribution in [-0.2, 0) is 9.53 Å². The monoisotopic (exact) mass is 322 g/mol. The van der Waals surface area contributed by atoms with Gasteiger partial charge >= 0.3 is 5.97 Å². The van der Waals surface area contributed by atoms with E-state index >= 15 is 0 Å². The maximum atomic E-state index is 12.2. The summed E-state index contributed by atoms with van der Waals surface area (Å²) in [5.41, 5.74) is 0.258. The molecule has 0 aliphatic carbocycles. The van der Waals surface area contributed by atoms with E-state index in [1.807, 2.05) is 13.8 Å². The Hall–Kier alpha value is -2.15. The van der Waals surface area contributed by atoms with Crippen LogP contribution in [0.4, 0.5) is 0 Å². The average Bonchev–Trinajstić information content (AvgIpc) is 3.15. The molecule has 7 heteroatoms. The molecule has 0 radical (unpaired) electrons. The van der Waals surface area contributed by atoms with E-state index in [-0.39, 0.29) is 11.6 Å². The summed E-state index contributed by atoms with van der Waals surface area (Å²) in [5, 5.41) is 4.93. The lowest BCUT2D eigenvalue weighted by Gasteiger charge is -2.17. The number of carbonyl (C=O) groups is 2. The molecule has 0 saturated carbocycles. The van der Waals surface area contributed by atoms with E-state index in [4.69, 9.17) is 9.15 Å². The van der Waals surface area contributed by atoms with Crippen molar-refractivity contribution in [2.24, 2.45) is 5.92 Å². The summed E-state index contributed by atoms with van der Waals surface area (Å²) in [4.78, 5) is 28.2. The van der Waals surface area contributed by atoms with Crippen molar-refractivity contribution in [1.29, 1.82) is 0 Å². The molecule has 0 aromatic carbocycles. The lowest BCUT2D eigenvalue weighted by atomic mass is 10.0. The van der Waals surface area contributed by atoms with Crippen molar-refractivity contribution in [3.8, 4) is 10.8 Å². The number of esters is 1. The third kappa shape index (κ3) is 3.94. The minimum absolute atomic E-state index is 0.249. The summed E-state index contributed by atoms with van der Waals surface area (Å²) >= 11 is 1.31. The SMILES string of the molecule is COC(=O)C(CC(C)C)NC(=O)c1csc(-c2ccco2)n1. The number of thiazole rings is 1. The molecule has 6 nitrogen and oxygen atoms in total. The minimum atomic E-state index is -0.675. The van der Waals surface area contributed by atoms with E-state index in [1.54, 1.807) is 23.8 Å². The second-order valence-electron chi connectivity index (χ2n) is 5.19. The first-order valence-electron chi connectivity index (χ1n) is 6.89. The summed E-state index contributed by atoms with van der Waals surface area (Å²) in [6, 6.07) is 2.86. The van der Waals surface area contributed by atoms with Gasteiger partial charge in [-0.05, 0) is 24.5 Å². The van der Waals surface area contributed by atoms with Crippen LogP contribution in [0.15, 0.2) is 28.2 Å². The van der Waals surface area contributed by atoms with Gasteiger partial charge in [0.05, 0.1) is 13.4 Å². The van der Waals surface area contributed by atoms with Crippen molar-refractivity contribution in [2.75, 3.05) is 7.11 Å². The van der Waals surface area contributed by atoms with E-state index in [1.165, 1.54) is 18.4 Å². The van der Waals surface area contributed by atoms with Gasteiger partial charge < -0.3 is 14.5 Å². The number of carbonyl (C=O) groups excluding carboxylic acids is 2. The Morgan fingerprint density at radius 2 is 2.23 bits per heavy atom. The summed E-state index contributed by atoms with van der Waals surface area (Å²) in [5.74, 6) is 0.00269. The first-order valence-corrected chi connectivity index (χ1v) is 7.77. The maximum absolute atomic E-state index is 12.2. The molecule has 2 heterocycles. The van der Waals surface area contributed by atoms with Crippen molar-refractivity contribution in [3.05, 3.63) is 29.5 Å². The fourth-order valence-electron chi connectivity index (χ4n) is 1.95. The van der Waals surface area contributed by atoms with Gasteiger partial charge in [0.2, 0.25) is 0 Å². The van der Waals surface area contributed by atoms with E-state index in [9.17, 15) is 9.59 Å². The van der Waals surface area contributed by atoms with Crippen LogP contribution in [0.3, 0.4) is 0 Å². The highest BCUT2D eigenvalue weighted by atomic mass is 32.1. The van der Waals surface area contributed by atoms with Gasteiger partial charge in [-0.15, -0.1) is 11.3 Å². The number of amides is 1. The number of hydrogen-bond acceptors (Lipinski definition) is 6. The van der Waals surface area contributed by atoms with E-state index in [0.29, 0.717) is 17.2 Å². The van der Waals surface area contributed by atoms with Crippen molar-refractivity contribution < 1.29 is 18.7 Å². The Bertz CT molecular complexity index is 634. The molecular weight excluding hydrogens is 304 g/mol. The number of aromatic nitrogens is 1. The standard InChI is InChI=1S/C15H18N2O4S/c1-9(2)7-10(15(19)20-3)16-13(18)11-8-22-14(17-11)12-5-4-6-21-12/h4-6,8-10H,7H2,1-3H3,(H,16,18). The number of nitrogens with zero attached hydrogens (tertiary/aromatic N) is 1. The van der Waals surface area contributed by atoms with Crippen LogP contribution >= 0.6 is 11.3 Å². The van der Waals surface area contributed by atoms with Gasteiger partial charge in [0, 0.05) is 5.38 Å². The Morgan fingerprint density at radius 3 is 2.82 bits per heavy atom. The molecule has 1 atom stereocenters. The van der Waals surface area contributed by atoms with Crippen LogP contribution in [-0.4, -0.2) is 30.0 Å². The molecule has 118 valence electrons. The molecule has 2 rings (SSSR count). The van der Waals surface area contributed by atoms with E-state index < -0.39 is 17.9 Å². The van der Waals surface area contributed by atoms with E-state index in [0.717, 1.165) is 0 Å². The van der Waals surface area contributed by atoms with Crippen LogP contribution in [0.5, 0.6) is 0 Å². The second-order valence-corrected chi connectivity index (χ2v) is 6.05. The maximum Gasteiger partial charge on any atom is 0.328 e. The fraction of sp³-hybridized carbons (Fsp3) is 0.400. The molecule has 0 fully saturated rings. The Kier molecular flexibility index (Phi) is 5.32. The summed E-state index contributed by atoms with van der Waals surface area (Å²) in [7, 11) is 1.31. The van der Waals surface area contributed by atoms with Crippen LogP contribution < -0.4 is 5.32 Å². The zero-order chi connectivity index (χ0) is 16.1. The Labute approximate surface area is 132 Å². The smallest absolute Gasteiger partial charge is 0.328 e. The van der Waals surface area contributed by atoms with Gasteiger partial charge in [0.1, 0.15) is 11.7 Å². The molecule has 1 unspecified atom stereocenters. The van der Waals surface area contributed by atoms with Gasteiger partial charge in [-0.25, -0.2) is 9.78 Å². The summed E-state index contributed by atoms with van der Waals surface area (Å²) < 4.78 is 9.97. The van der Waals surface area contributed by atoms with Crippen LogP contribution in [0.1, 0.15) is 30.8 Å². The number of ether oxygens (including phenoxy) is 1. The number of hydrogen-bond donors (Lipinski definition) is 1. The number of methoxy groups -OCH3 is 1. The Balaban J connectivity index is 2.08. The number of furan rings is 1. The number of rotatable bonds is 6. The molecule has 0 bridgehead atoms. The predicted octanol–water partition coefficient (Wildman–Crippen LogP) is 2.72. The fourth-order valence-corrected chi connectivity index (χ4v) is 2.72. The topological polar surface area (TPSA) is 81.4 Å². The lowest BCUT2D eigenvalue weighted by Crippen LogP contribution is -2.42.